The molecule has 2 aliphatic rings. The minimum atomic E-state index is -3.65. The van der Waals surface area contributed by atoms with Crippen LogP contribution < -0.4 is 10.0 Å². The van der Waals surface area contributed by atoms with E-state index in [1.807, 2.05) is 0 Å². The van der Waals surface area contributed by atoms with Gasteiger partial charge in [-0.3, -0.25) is 9.52 Å². The second-order valence-corrected chi connectivity index (χ2v) is 8.04. The molecule has 1 saturated heterocycles. The van der Waals surface area contributed by atoms with Gasteiger partial charge in [0, 0.05) is 30.8 Å². The van der Waals surface area contributed by atoms with Gasteiger partial charge in [0.2, 0.25) is 0 Å². The molecule has 7 nitrogen and oxygen atoms in total. The summed E-state index contributed by atoms with van der Waals surface area (Å²) in [5, 5.41) is 3.61. The van der Waals surface area contributed by atoms with Crippen LogP contribution >= 0.6 is 11.6 Å². The molecule has 0 bridgehead atoms. The van der Waals surface area contributed by atoms with Gasteiger partial charge >= 0.3 is 10.2 Å². The second-order valence-electron chi connectivity index (χ2n) is 5.96. The van der Waals surface area contributed by atoms with Gasteiger partial charge < -0.3 is 10.1 Å². The maximum absolute atomic E-state index is 12.4. The molecule has 9 heteroatoms. The van der Waals surface area contributed by atoms with E-state index in [9.17, 15) is 13.2 Å². The number of allylic oxidation sites excluding steroid dienone is 2. The van der Waals surface area contributed by atoms with Gasteiger partial charge in [0.1, 0.15) is 0 Å². The van der Waals surface area contributed by atoms with E-state index in [0.717, 1.165) is 5.70 Å². The third kappa shape index (κ3) is 4.14. The van der Waals surface area contributed by atoms with Crippen molar-refractivity contribution in [2.75, 3.05) is 36.3 Å². The highest BCUT2D eigenvalue weighted by atomic mass is 35.5. The van der Waals surface area contributed by atoms with E-state index in [1.54, 1.807) is 25.1 Å². The van der Waals surface area contributed by atoms with Crippen molar-refractivity contribution in [3.63, 3.8) is 0 Å². The fourth-order valence-electron chi connectivity index (χ4n) is 2.79. The molecule has 1 aliphatic carbocycles. The van der Waals surface area contributed by atoms with Crippen LogP contribution in [-0.2, 0) is 19.7 Å². The van der Waals surface area contributed by atoms with E-state index in [4.69, 9.17) is 16.3 Å². The smallest absolute Gasteiger partial charge is 0.301 e. The Morgan fingerprint density at radius 1 is 1.20 bits per heavy atom. The average molecular weight is 386 g/mol. The lowest BCUT2D eigenvalue weighted by molar-refractivity contribution is -0.114. The lowest BCUT2D eigenvalue weighted by Gasteiger charge is -2.26. The normalized spacial score (nSPS) is 19.4. The summed E-state index contributed by atoms with van der Waals surface area (Å²) >= 11 is 6.20. The van der Waals surface area contributed by atoms with Crippen molar-refractivity contribution in [1.82, 2.24) is 4.31 Å². The van der Waals surface area contributed by atoms with Crippen LogP contribution in [0.15, 0.2) is 29.5 Å². The monoisotopic (exact) mass is 385 g/mol. The Morgan fingerprint density at radius 3 is 2.56 bits per heavy atom. The number of hydrogen-bond donors (Lipinski definition) is 2. The Bertz CT molecular complexity index is 817. The summed E-state index contributed by atoms with van der Waals surface area (Å²) in [6.07, 6.45) is 1.11. The molecule has 3 rings (SSSR count). The Hall–Kier alpha value is -1.61. The predicted octanol–water partition coefficient (Wildman–Crippen LogP) is 2.38. The topological polar surface area (TPSA) is 87.7 Å². The Balaban J connectivity index is 1.78. The van der Waals surface area contributed by atoms with Gasteiger partial charge in [0.15, 0.2) is 5.78 Å². The summed E-state index contributed by atoms with van der Waals surface area (Å²) in [5.74, 6) is 0.114. The predicted molar refractivity (Wildman–Crippen MR) is 97.0 cm³/mol. The Morgan fingerprint density at radius 2 is 1.92 bits per heavy atom. The van der Waals surface area contributed by atoms with Crippen LogP contribution in [0, 0.1) is 0 Å². The largest absolute Gasteiger partial charge is 0.379 e. The van der Waals surface area contributed by atoms with E-state index in [1.165, 1.54) is 4.31 Å². The number of Topliss-reactive ketones (excluding diaryl/α,β-unsaturated/α-hetero) is 1. The van der Waals surface area contributed by atoms with E-state index < -0.39 is 10.2 Å². The lowest BCUT2D eigenvalue weighted by atomic mass is 10.2. The summed E-state index contributed by atoms with van der Waals surface area (Å²) in [5.41, 5.74) is 2.48. The molecule has 0 spiro atoms. The molecule has 0 amide bonds. The number of morpholine rings is 1. The fraction of sp³-hybridized carbons (Fsp3) is 0.438. The number of rotatable bonds is 5. The standard InChI is InChI=1S/C16H20ClN3O4S/c1-11-14(4-5-16(11)21)18-15-10-12(2-3-13(15)17)19-25(22,23)20-6-8-24-9-7-20/h2-3,10,18-19H,4-9H2,1H3. The van der Waals surface area contributed by atoms with Crippen LogP contribution in [0.4, 0.5) is 11.4 Å². The summed E-state index contributed by atoms with van der Waals surface area (Å²) in [6.45, 7) is 3.19. The van der Waals surface area contributed by atoms with Crippen molar-refractivity contribution in [1.29, 1.82) is 0 Å². The zero-order valence-corrected chi connectivity index (χ0v) is 15.4. The highest BCUT2D eigenvalue weighted by Crippen LogP contribution is 2.31. The van der Waals surface area contributed by atoms with Gasteiger partial charge in [0.25, 0.3) is 0 Å². The van der Waals surface area contributed by atoms with E-state index in [0.29, 0.717) is 61.1 Å². The van der Waals surface area contributed by atoms with Gasteiger partial charge in [-0.2, -0.15) is 12.7 Å². The minimum Gasteiger partial charge on any atom is -0.379 e. The maximum Gasteiger partial charge on any atom is 0.301 e. The lowest BCUT2D eigenvalue weighted by Crippen LogP contribution is -2.43. The molecule has 1 heterocycles. The first-order valence-electron chi connectivity index (χ1n) is 8.02. The number of carbonyl (C=O) groups excluding carboxylic acids is 1. The zero-order valence-electron chi connectivity index (χ0n) is 13.8. The molecule has 1 aliphatic heterocycles. The molecule has 0 radical (unpaired) electrons. The van der Waals surface area contributed by atoms with Gasteiger partial charge in [0.05, 0.1) is 29.6 Å². The average Bonchev–Trinajstić information content (AvgIpc) is 2.90. The number of ether oxygens (including phenoxy) is 1. The number of benzene rings is 1. The molecule has 1 aromatic carbocycles. The van der Waals surface area contributed by atoms with Gasteiger partial charge in [-0.25, -0.2) is 0 Å². The Labute approximate surface area is 152 Å². The molecule has 1 aromatic rings. The van der Waals surface area contributed by atoms with Crippen LogP contribution in [-0.4, -0.2) is 44.8 Å². The Kier molecular flexibility index (Phi) is 5.33. The first-order chi connectivity index (χ1) is 11.9. The van der Waals surface area contributed by atoms with Crippen molar-refractivity contribution in [2.45, 2.75) is 19.8 Å². The minimum absolute atomic E-state index is 0.114. The number of carbonyl (C=O) groups is 1. The van der Waals surface area contributed by atoms with Gasteiger partial charge in [-0.1, -0.05) is 11.6 Å². The van der Waals surface area contributed by atoms with Crippen molar-refractivity contribution < 1.29 is 17.9 Å². The number of anilines is 2. The molecule has 0 atom stereocenters. The van der Waals surface area contributed by atoms with E-state index >= 15 is 0 Å². The number of hydrogen-bond acceptors (Lipinski definition) is 5. The number of nitrogens with one attached hydrogen (secondary N) is 2. The SMILES string of the molecule is CC1=C(Nc2cc(NS(=O)(=O)N3CCOCC3)ccc2Cl)CCC1=O. The van der Waals surface area contributed by atoms with Crippen molar-refractivity contribution >= 4 is 39.0 Å². The van der Waals surface area contributed by atoms with E-state index in [-0.39, 0.29) is 5.78 Å². The van der Waals surface area contributed by atoms with Crippen molar-refractivity contribution in [3.8, 4) is 0 Å². The summed E-state index contributed by atoms with van der Waals surface area (Å²) in [7, 11) is -3.65. The fourth-order valence-corrected chi connectivity index (χ4v) is 4.13. The van der Waals surface area contributed by atoms with Crippen molar-refractivity contribution in [2.24, 2.45) is 0 Å². The van der Waals surface area contributed by atoms with Crippen LogP contribution in [0.25, 0.3) is 0 Å². The van der Waals surface area contributed by atoms with Crippen LogP contribution in [0.3, 0.4) is 0 Å². The number of halogens is 1. The summed E-state index contributed by atoms with van der Waals surface area (Å²) in [4.78, 5) is 11.7. The first kappa shape index (κ1) is 18.2. The highest BCUT2D eigenvalue weighted by molar-refractivity contribution is 7.90. The maximum atomic E-state index is 12.4. The molecule has 136 valence electrons. The number of nitrogens with zero attached hydrogens (tertiary/aromatic N) is 1. The van der Waals surface area contributed by atoms with Gasteiger partial charge in [-0.05, 0) is 31.5 Å². The molecule has 0 unspecified atom stereocenters. The molecule has 25 heavy (non-hydrogen) atoms. The van der Waals surface area contributed by atoms with Crippen molar-refractivity contribution in [3.05, 3.63) is 34.5 Å². The van der Waals surface area contributed by atoms with Crippen LogP contribution in [0.1, 0.15) is 19.8 Å². The molecule has 0 aromatic heterocycles. The quantitative estimate of drug-likeness (QED) is 0.812. The molecule has 2 N–H and O–H groups in total. The summed E-state index contributed by atoms with van der Waals surface area (Å²) < 4.78 is 34.0. The van der Waals surface area contributed by atoms with Gasteiger partial charge in [-0.15, -0.1) is 0 Å². The first-order valence-corrected chi connectivity index (χ1v) is 9.84. The molecular weight excluding hydrogens is 366 g/mol. The second kappa shape index (κ2) is 7.33. The zero-order chi connectivity index (χ0) is 18.0. The molecule has 1 fully saturated rings. The summed E-state index contributed by atoms with van der Waals surface area (Å²) in [6, 6.07) is 4.85. The van der Waals surface area contributed by atoms with Crippen LogP contribution in [0.2, 0.25) is 5.02 Å². The highest BCUT2D eigenvalue weighted by Gasteiger charge is 2.25. The number of ketones is 1. The molecular formula is C16H20ClN3O4S. The van der Waals surface area contributed by atoms with E-state index in [2.05, 4.69) is 10.0 Å². The molecule has 0 saturated carbocycles. The third-order valence-electron chi connectivity index (χ3n) is 4.28. The third-order valence-corrected chi connectivity index (χ3v) is 6.15. The van der Waals surface area contributed by atoms with Crippen LogP contribution in [0.5, 0.6) is 0 Å².